The molecule has 0 radical (unpaired) electrons. The minimum Gasteiger partial charge on any atom is -0.508 e. The zero-order chi connectivity index (χ0) is 19.1. The number of carbonyl (C=O) groups excluding carboxylic acids is 1. The molecule has 1 atom stereocenters. The van der Waals surface area contributed by atoms with Gasteiger partial charge in [0.15, 0.2) is 0 Å². The summed E-state index contributed by atoms with van der Waals surface area (Å²) < 4.78 is 28.6. The first-order chi connectivity index (χ1) is 12.3. The number of hydrogen-bond donors (Lipinski definition) is 1. The summed E-state index contributed by atoms with van der Waals surface area (Å²) in [6.45, 7) is 4.10. The van der Waals surface area contributed by atoms with Gasteiger partial charge in [0, 0.05) is 11.0 Å². The van der Waals surface area contributed by atoms with Gasteiger partial charge in [0.05, 0.1) is 16.3 Å². The van der Waals surface area contributed by atoms with Gasteiger partial charge in [-0.05, 0) is 55.8 Å². The second-order valence-corrected chi connectivity index (χ2v) is 8.66. The number of fused-ring (bicyclic) bond motifs is 1. The van der Waals surface area contributed by atoms with Crippen LogP contribution in [0.3, 0.4) is 0 Å². The monoisotopic (exact) mass is 438 g/mol. The van der Waals surface area contributed by atoms with Crippen molar-refractivity contribution >= 4 is 43.2 Å². The van der Waals surface area contributed by atoms with Crippen LogP contribution in [0.25, 0.3) is 0 Å². The molecule has 1 heterocycles. The molecule has 0 unspecified atom stereocenters. The number of hydrogen-bond acceptors (Lipinski definition) is 4. The summed E-state index contributed by atoms with van der Waals surface area (Å²) in [7, 11) is -3.97. The van der Waals surface area contributed by atoms with Crippen LogP contribution in [0.4, 0.5) is 11.4 Å². The molecule has 0 spiro atoms. The molecule has 138 valence electrons. The number of phenols is 1. The molecule has 1 amide bonds. The molecule has 2 aromatic carbocycles. The SMILES string of the molecule is CC[C@H]1C(=O)N(CC)c2cc(Br)ccc2N1S(=O)(=O)c1ccc(O)cc1. The maximum absolute atomic E-state index is 13.3. The van der Waals surface area contributed by atoms with Crippen LogP contribution in [0.5, 0.6) is 5.75 Å². The molecular weight excluding hydrogens is 420 g/mol. The topological polar surface area (TPSA) is 77.9 Å². The van der Waals surface area contributed by atoms with Gasteiger partial charge in [-0.3, -0.25) is 9.10 Å². The summed E-state index contributed by atoms with van der Waals surface area (Å²) in [5, 5.41) is 9.45. The molecule has 26 heavy (non-hydrogen) atoms. The lowest BCUT2D eigenvalue weighted by Crippen LogP contribution is -2.55. The molecule has 0 aliphatic carbocycles. The molecule has 3 rings (SSSR count). The first kappa shape index (κ1) is 18.7. The van der Waals surface area contributed by atoms with Crippen molar-refractivity contribution in [2.45, 2.75) is 31.2 Å². The number of halogens is 1. The Balaban J connectivity index is 2.24. The Labute approximate surface area is 161 Å². The standard InChI is InChI=1S/C18H19BrN2O4S/c1-3-15-18(23)20(4-2)17-11-12(19)5-10-16(17)21(15)26(24,25)14-8-6-13(22)7-9-14/h5-11,15,22H,3-4H2,1-2H3/t15-/m0/s1. The zero-order valence-corrected chi connectivity index (χ0v) is 16.8. The molecule has 0 saturated heterocycles. The second-order valence-electron chi connectivity index (χ2n) is 5.93. The van der Waals surface area contributed by atoms with Crippen LogP contribution < -0.4 is 9.21 Å². The van der Waals surface area contributed by atoms with Gasteiger partial charge in [-0.1, -0.05) is 22.9 Å². The zero-order valence-electron chi connectivity index (χ0n) is 14.4. The summed E-state index contributed by atoms with van der Waals surface area (Å²) in [6.07, 6.45) is 0.349. The second kappa shape index (κ2) is 6.92. The molecule has 1 aliphatic rings. The first-order valence-corrected chi connectivity index (χ1v) is 10.5. The van der Waals surface area contributed by atoms with E-state index in [0.717, 1.165) is 4.47 Å². The molecule has 0 bridgehead atoms. The molecule has 6 nitrogen and oxygen atoms in total. The Kier molecular flexibility index (Phi) is 4.98. The maximum Gasteiger partial charge on any atom is 0.265 e. The summed E-state index contributed by atoms with van der Waals surface area (Å²) in [5.41, 5.74) is 1.02. The summed E-state index contributed by atoms with van der Waals surface area (Å²) in [4.78, 5) is 14.6. The van der Waals surface area contributed by atoms with Crippen molar-refractivity contribution in [3.8, 4) is 5.75 Å². The Morgan fingerprint density at radius 2 is 1.73 bits per heavy atom. The summed E-state index contributed by atoms with van der Waals surface area (Å²) in [6, 6.07) is 9.72. The minimum atomic E-state index is -3.97. The predicted octanol–water partition coefficient (Wildman–Crippen LogP) is 3.50. The third-order valence-electron chi connectivity index (χ3n) is 4.40. The van der Waals surface area contributed by atoms with Gasteiger partial charge in [0.25, 0.3) is 15.9 Å². The number of phenolic OH excluding ortho intramolecular Hbond substituents is 1. The van der Waals surface area contributed by atoms with Crippen molar-refractivity contribution in [3.63, 3.8) is 0 Å². The first-order valence-electron chi connectivity index (χ1n) is 8.25. The number of sulfonamides is 1. The van der Waals surface area contributed by atoms with E-state index in [9.17, 15) is 18.3 Å². The van der Waals surface area contributed by atoms with Gasteiger partial charge in [-0.2, -0.15) is 0 Å². The molecular formula is C18H19BrN2O4S. The normalized spacial score (nSPS) is 17.3. The fourth-order valence-corrected chi connectivity index (χ4v) is 5.20. The molecule has 1 N–H and O–H groups in total. The molecule has 0 aromatic heterocycles. The molecule has 0 saturated carbocycles. The lowest BCUT2D eigenvalue weighted by molar-refractivity contribution is -0.119. The number of carbonyl (C=O) groups is 1. The number of likely N-dealkylation sites (N-methyl/N-ethyl adjacent to an activating group) is 1. The van der Waals surface area contributed by atoms with E-state index in [1.165, 1.54) is 28.6 Å². The van der Waals surface area contributed by atoms with Gasteiger partial charge in [0.1, 0.15) is 11.8 Å². The fourth-order valence-electron chi connectivity index (χ4n) is 3.16. The van der Waals surface area contributed by atoms with Crippen LogP contribution in [-0.4, -0.2) is 32.0 Å². The number of aromatic hydroxyl groups is 1. The van der Waals surface area contributed by atoms with Crippen molar-refractivity contribution in [3.05, 3.63) is 46.9 Å². The molecule has 0 fully saturated rings. The van der Waals surface area contributed by atoms with Gasteiger partial charge < -0.3 is 10.0 Å². The van der Waals surface area contributed by atoms with Crippen molar-refractivity contribution in [2.75, 3.05) is 15.7 Å². The van der Waals surface area contributed by atoms with Gasteiger partial charge in [-0.15, -0.1) is 0 Å². The maximum atomic E-state index is 13.3. The Hall–Kier alpha value is -2.06. The highest BCUT2D eigenvalue weighted by atomic mass is 79.9. The van der Waals surface area contributed by atoms with E-state index < -0.39 is 16.1 Å². The van der Waals surface area contributed by atoms with E-state index in [2.05, 4.69) is 15.9 Å². The Morgan fingerprint density at radius 1 is 1.08 bits per heavy atom. The highest BCUT2D eigenvalue weighted by Crippen LogP contribution is 2.41. The number of rotatable bonds is 4. The van der Waals surface area contributed by atoms with Crippen LogP contribution in [0.2, 0.25) is 0 Å². The quantitative estimate of drug-likeness (QED) is 0.791. The van der Waals surface area contributed by atoms with E-state index in [-0.39, 0.29) is 16.6 Å². The van der Waals surface area contributed by atoms with Crippen LogP contribution in [-0.2, 0) is 14.8 Å². The van der Waals surface area contributed by atoms with Crippen LogP contribution in [0, 0.1) is 0 Å². The highest BCUT2D eigenvalue weighted by Gasteiger charge is 2.43. The molecule has 1 aliphatic heterocycles. The minimum absolute atomic E-state index is 0.0211. The third-order valence-corrected chi connectivity index (χ3v) is 6.73. The Bertz CT molecular complexity index is 944. The van der Waals surface area contributed by atoms with Gasteiger partial charge in [-0.25, -0.2) is 8.42 Å². The van der Waals surface area contributed by atoms with Gasteiger partial charge in [0.2, 0.25) is 0 Å². The number of anilines is 2. The fraction of sp³-hybridized carbons (Fsp3) is 0.278. The summed E-state index contributed by atoms with van der Waals surface area (Å²) in [5.74, 6) is -0.268. The lowest BCUT2D eigenvalue weighted by atomic mass is 10.1. The number of benzene rings is 2. The van der Waals surface area contributed by atoms with Gasteiger partial charge >= 0.3 is 0 Å². The van der Waals surface area contributed by atoms with Crippen molar-refractivity contribution in [1.82, 2.24) is 0 Å². The Morgan fingerprint density at radius 3 is 2.31 bits per heavy atom. The van der Waals surface area contributed by atoms with E-state index in [1.807, 2.05) is 6.92 Å². The predicted molar refractivity (Wildman–Crippen MR) is 104 cm³/mol. The average Bonchev–Trinajstić information content (AvgIpc) is 2.61. The van der Waals surface area contributed by atoms with E-state index in [4.69, 9.17) is 0 Å². The van der Waals surface area contributed by atoms with E-state index in [0.29, 0.717) is 24.3 Å². The highest BCUT2D eigenvalue weighted by molar-refractivity contribution is 9.10. The van der Waals surface area contributed by atoms with Crippen LogP contribution in [0.15, 0.2) is 51.8 Å². The van der Waals surface area contributed by atoms with Crippen LogP contribution in [0.1, 0.15) is 20.3 Å². The summed E-state index contributed by atoms with van der Waals surface area (Å²) >= 11 is 3.39. The third kappa shape index (κ3) is 2.97. The van der Waals surface area contributed by atoms with Crippen LogP contribution >= 0.6 is 15.9 Å². The number of nitrogens with zero attached hydrogens (tertiary/aromatic N) is 2. The van der Waals surface area contributed by atoms with Crippen molar-refractivity contribution in [2.24, 2.45) is 0 Å². The smallest absolute Gasteiger partial charge is 0.265 e. The van der Waals surface area contributed by atoms with E-state index >= 15 is 0 Å². The average molecular weight is 439 g/mol. The van der Waals surface area contributed by atoms with Crippen molar-refractivity contribution in [1.29, 1.82) is 0 Å². The lowest BCUT2D eigenvalue weighted by Gasteiger charge is -2.41. The van der Waals surface area contributed by atoms with E-state index in [1.54, 1.807) is 30.0 Å². The molecule has 2 aromatic rings. The number of amides is 1. The van der Waals surface area contributed by atoms with Crippen molar-refractivity contribution < 1.29 is 18.3 Å². The largest absolute Gasteiger partial charge is 0.508 e. The molecule has 8 heteroatoms.